The molecule has 1 unspecified atom stereocenters. The number of benzene rings is 1. The van der Waals surface area contributed by atoms with Crippen LogP contribution in [0.15, 0.2) is 36.4 Å². The van der Waals surface area contributed by atoms with E-state index < -0.39 is 0 Å². The van der Waals surface area contributed by atoms with Crippen LogP contribution in [-0.2, 0) is 5.41 Å². The van der Waals surface area contributed by atoms with Gasteiger partial charge in [0.25, 0.3) is 5.91 Å². The molecule has 0 aliphatic heterocycles. The number of nitrogens with one attached hydrogen (secondary N) is 2. The van der Waals surface area contributed by atoms with Gasteiger partial charge in [0.15, 0.2) is 0 Å². The van der Waals surface area contributed by atoms with Gasteiger partial charge in [0, 0.05) is 17.7 Å². The van der Waals surface area contributed by atoms with Gasteiger partial charge >= 0.3 is 0 Å². The number of aromatic amines is 1. The molecule has 1 aromatic heterocycles. The quantitative estimate of drug-likeness (QED) is 0.892. The Morgan fingerprint density at radius 2 is 1.91 bits per heavy atom. The number of aromatic nitrogens is 2. The molecule has 0 fully saturated rings. The van der Waals surface area contributed by atoms with Crippen LogP contribution >= 0.6 is 0 Å². The smallest absolute Gasteiger partial charge is 0.272 e. The third-order valence-corrected chi connectivity index (χ3v) is 3.67. The van der Waals surface area contributed by atoms with Crippen molar-refractivity contribution >= 4 is 5.91 Å². The fourth-order valence-corrected chi connectivity index (χ4v) is 2.34. The Morgan fingerprint density at radius 3 is 2.43 bits per heavy atom. The van der Waals surface area contributed by atoms with Crippen molar-refractivity contribution in [2.45, 2.75) is 32.2 Å². The van der Waals surface area contributed by atoms with E-state index in [4.69, 9.17) is 0 Å². The van der Waals surface area contributed by atoms with Crippen LogP contribution in [-0.4, -0.2) is 41.6 Å². The highest BCUT2D eigenvalue weighted by molar-refractivity contribution is 5.92. The molecule has 5 heteroatoms. The van der Waals surface area contributed by atoms with Gasteiger partial charge in [-0.05, 0) is 25.7 Å². The predicted octanol–water partition coefficient (Wildman–Crippen LogP) is 2.74. The van der Waals surface area contributed by atoms with Crippen molar-refractivity contribution in [2.24, 2.45) is 0 Å². The number of H-pyrrole nitrogens is 1. The summed E-state index contributed by atoms with van der Waals surface area (Å²) in [6, 6.07) is 11.7. The van der Waals surface area contributed by atoms with E-state index in [1.165, 1.54) is 0 Å². The lowest BCUT2D eigenvalue weighted by Gasteiger charge is -2.22. The first-order valence-electron chi connectivity index (χ1n) is 7.84. The van der Waals surface area contributed by atoms with Crippen LogP contribution in [0.3, 0.4) is 0 Å². The maximum atomic E-state index is 12.5. The van der Waals surface area contributed by atoms with E-state index >= 15 is 0 Å². The summed E-state index contributed by atoms with van der Waals surface area (Å²) in [5.74, 6) is -0.160. The molecule has 0 aliphatic carbocycles. The Hall–Kier alpha value is -2.14. The molecule has 0 bridgehead atoms. The molecular formula is C18H26N4O. The van der Waals surface area contributed by atoms with Gasteiger partial charge in [0.1, 0.15) is 5.69 Å². The van der Waals surface area contributed by atoms with E-state index in [1.54, 1.807) is 0 Å². The summed E-state index contributed by atoms with van der Waals surface area (Å²) in [6.45, 7) is 6.98. The van der Waals surface area contributed by atoms with Gasteiger partial charge in [-0.25, -0.2) is 0 Å². The lowest BCUT2D eigenvalue weighted by atomic mass is 9.92. The standard InChI is InChI=1S/C18H26N4O/c1-18(2,3)16-11-14(20-21-16)17(23)19-15(12-22(4)5)13-9-7-6-8-10-13/h6-11,15H,12H2,1-5H3,(H,19,23)(H,20,21). The van der Waals surface area contributed by atoms with Gasteiger partial charge in [-0.3, -0.25) is 9.89 Å². The highest BCUT2D eigenvalue weighted by Crippen LogP contribution is 2.21. The van der Waals surface area contributed by atoms with Crippen molar-refractivity contribution in [2.75, 3.05) is 20.6 Å². The molecule has 23 heavy (non-hydrogen) atoms. The van der Waals surface area contributed by atoms with E-state index in [-0.39, 0.29) is 17.4 Å². The van der Waals surface area contributed by atoms with Gasteiger partial charge in [0.2, 0.25) is 0 Å². The van der Waals surface area contributed by atoms with Crippen LogP contribution in [0.2, 0.25) is 0 Å². The molecule has 2 N–H and O–H groups in total. The average molecular weight is 314 g/mol. The first-order chi connectivity index (χ1) is 10.8. The summed E-state index contributed by atoms with van der Waals surface area (Å²) < 4.78 is 0. The van der Waals surface area contributed by atoms with Gasteiger partial charge in [0.05, 0.1) is 6.04 Å². The minimum absolute atomic E-state index is 0.0615. The number of amides is 1. The van der Waals surface area contributed by atoms with E-state index in [1.807, 2.05) is 50.5 Å². The second-order valence-electron chi connectivity index (χ2n) is 7.12. The van der Waals surface area contributed by atoms with Crippen molar-refractivity contribution in [3.05, 3.63) is 53.3 Å². The molecule has 5 nitrogen and oxygen atoms in total. The van der Waals surface area contributed by atoms with Crippen molar-refractivity contribution in [1.82, 2.24) is 20.4 Å². The zero-order valence-electron chi connectivity index (χ0n) is 14.6. The van der Waals surface area contributed by atoms with Crippen LogP contribution in [0.25, 0.3) is 0 Å². The van der Waals surface area contributed by atoms with E-state index in [2.05, 4.69) is 41.2 Å². The van der Waals surface area contributed by atoms with E-state index in [9.17, 15) is 4.79 Å². The van der Waals surface area contributed by atoms with Crippen LogP contribution in [0, 0.1) is 0 Å². The number of hydrogen-bond donors (Lipinski definition) is 2. The van der Waals surface area contributed by atoms with Crippen LogP contribution in [0.5, 0.6) is 0 Å². The number of carbonyl (C=O) groups excluding carboxylic acids is 1. The summed E-state index contributed by atoms with van der Waals surface area (Å²) in [6.07, 6.45) is 0. The predicted molar refractivity (Wildman–Crippen MR) is 92.5 cm³/mol. The third-order valence-electron chi connectivity index (χ3n) is 3.67. The third kappa shape index (κ3) is 4.66. The normalized spacial score (nSPS) is 13.1. The molecule has 0 saturated heterocycles. The van der Waals surface area contributed by atoms with Crippen molar-refractivity contribution in [1.29, 1.82) is 0 Å². The zero-order valence-corrected chi connectivity index (χ0v) is 14.6. The average Bonchev–Trinajstić information content (AvgIpc) is 2.97. The minimum Gasteiger partial charge on any atom is -0.343 e. The lowest BCUT2D eigenvalue weighted by Crippen LogP contribution is -2.35. The van der Waals surface area contributed by atoms with Crippen molar-refractivity contribution in [3.63, 3.8) is 0 Å². The van der Waals surface area contributed by atoms with E-state index in [0.717, 1.165) is 17.8 Å². The first-order valence-corrected chi connectivity index (χ1v) is 7.84. The maximum absolute atomic E-state index is 12.5. The summed E-state index contributed by atoms with van der Waals surface area (Å²) in [5.41, 5.74) is 2.40. The maximum Gasteiger partial charge on any atom is 0.272 e. The molecule has 0 saturated carbocycles. The SMILES string of the molecule is CN(C)CC(NC(=O)c1cc(C(C)(C)C)[nH]n1)c1ccccc1. The van der Waals surface area contributed by atoms with Crippen molar-refractivity contribution in [3.8, 4) is 0 Å². The summed E-state index contributed by atoms with van der Waals surface area (Å²) in [7, 11) is 3.99. The second-order valence-corrected chi connectivity index (χ2v) is 7.12. The number of nitrogens with zero attached hydrogens (tertiary/aromatic N) is 2. The van der Waals surface area contributed by atoms with Crippen LogP contribution in [0.4, 0.5) is 0 Å². The Labute approximate surface area is 138 Å². The number of carbonyl (C=O) groups is 1. The van der Waals surface area contributed by atoms with Crippen LogP contribution in [0.1, 0.15) is 48.6 Å². The summed E-state index contributed by atoms with van der Waals surface area (Å²) >= 11 is 0. The number of likely N-dealkylation sites (N-methyl/N-ethyl adjacent to an activating group) is 1. The van der Waals surface area contributed by atoms with Gasteiger partial charge in [-0.1, -0.05) is 51.1 Å². The Morgan fingerprint density at radius 1 is 1.26 bits per heavy atom. The highest BCUT2D eigenvalue weighted by atomic mass is 16.2. The molecule has 1 atom stereocenters. The fraction of sp³-hybridized carbons (Fsp3) is 0.444. The Bertz CT molecular complexity index is 641. The molecule has 0 aliphatic rings. The topological polar surface area (TPSA) is 61.0 Å². The summed E-state index contributed by atoms with van der Waals surface area (Å²) in [4.78, 5) is 14.6. The van der Waals surface area contributed by atoms with E-state index in [0.29, 0.717) is 5.69 Å². The van der Waals surface area contributed by atoms with Crippen molar-refractivity contribution < 1.29 is 4.79 Å². The molecule has 0 spiro atoms. The first kappa shape index (κ1) is 17.2. The molecular weight excluding hydrogens is 288 g/mol. The molecule has 2 aromatic rings. The molecule has 1 aromatic carbocycles. The van der Waals surface area contributed by atoms with Gasteiger partial charge in [-0.2, -0.15) is 5.10 Å². The number of rotatable bonds is 5. The minimum atomic E-state index is -0.160. The second kappa shape index (κ2) is 6.96. The van der Waals surface area contributed by atoms with Gasteiger partial charge < -0.3 is 10.2 Å². The fourth-order valence-electron chi connectivity index (χ4n) is 2.34. The molecule has 0 radical (unpaired) electrons. The number of hydrogen-bond acceptors (Lipinski definition) is 3. The largest absolute Gasteiger partial charge is 0.343 e. The lowest BCUT2D eigenvalue weighted by molar-refractivity contribution is 0.0925. The Balaban J connectivity index is 2.16. The molecule has 1 amide bonds. The van der Waals surface area contributed by atoms with Crippen LogP contribution < -0.4 is 5.32 Å². The highest BCUT2D eigenvalue weighted by Gasteiger charge is 2.21. The van der Waals surface area contributed by atoms with Gasteiger partial charge in [-0.15, -0.1) is 0 Å². The molecule has 2 rings (SSSR count). The zero-order chi connectivity index (χ0) is 17.0. The Kier molecular flexibility index (Phi) is 5.21. The molecule has 124 valence electrons. The summed E-state index contributed by atoms with van der Waals surface area (Å²) in [5, 5.41) is 10.2. The molecule has 1 heterocycles. The monoisotopic (exact) mass is 314 g/mol.